The molecule has 1 aromatic heterocycles. The minimum atomic E-state index is -0.461. The number of carbonyl (C=O) groups excluding carboxylic acids is 2. The zero-order valence-electron chi connectivity index (χ0n) is 7.44. The van der Waals surface area contributed by atoms with Gasteiger partial charge >= 0.3 is 0 Å². The Morgan fingerprint density at radius 2 is 1.93 bits per heavy atom. The number of carbonyl (C=O) groups is 2. The van der Waals surface area contributed by atoms with Crippen molar-refractivity contribution in [2.75, 3.05) is 0 Å². The van der Waals surface area contributed by atoms with Gasteiger partial charge in [0.05, 0.1) is 0 Å². The SMILES string of the molecule is O=C1NC(=S)NC(=O)C1=Cc1cccs1. The van der Waals surface area contributed by atoms with Crippen LogP contribution in [0, 0.1) is 0 Å². The van der Waals surface area contributed by atoms with Gasteiger partial charge in [-0.15, -0.1) is 11.3 Å². The Hall–Kier alpha value is -1.53. The third-order valence-electron chi connectivity index (χ3n) is 1.77. The van der Waals surface area contributed by atoms with Gasteiger partial charge < -0.3 is 0 Å². The first-order valence-electron chi connectivity index (χ1n) is 4.08. The fraction of sp³-hybridized carbons (Fsp3) is 0. The molecule has 15 heavy (non-hydrogen) atoms. The molecule has 2 amide bonds. The van der Waals surface area contributed by atoms with Crippen LogP contribution in [0.3, 0.4) is 0 Å². The summed E-state index contributed by atoms with van der Waals surface area (Å²) in [6, 6.07) is 3.67. The summed E-state index contributed by atoms with van der Waals surface area (Å²) < 4.78 is 0. The van der Waals surface area contributed by atoms with Crippen LogP contribution < -0.4 is 10.6 Å². The minimum absolute atomic E-state index is 0.0494. The molecule has 0 aliphatic carbocycles. The highest BCUT2D eigenvalue weighted by Gasteiger charge is 2.25. The number of hydrogen-bond donors (Lipinski definition) is 2. The van der Waals surface area contributed by atoms with Gasteiger partial charge in [-0.3, -0.25) is 20.2 Å². The van der Waals surface area contributed by atoms with Crippen molar-refractivity contribution >= 4 is 46.6 Å². The predicted molar refractivity (Wildman–Crippen MR) is 61.2 cm³/mol. The Labute approximate surface area is 95.0 Å². The van der Waals surface area contributed by atoms with E-state index in [1.165, 1.54) is 17.4 Å². The number of rotatable bonds is 1. The molecule has 4 nitrogen and oxygen atoms in total. The molecule has 0 spiro atoms. The van der Waals surface area contributed by atoms with Gasteiger partial charge in [0, 0.05) is 4.88 Å². The maximum Gasteiger partial charge on any atom is 0.263 e. The molecule has 1 saturated heterocycles. The van der Waals surface area contributed by atoms with Gasteiger partial charge in [-0.2, -0.15) is 0 Å². The molecule has 2 N–H and O–H groups in total. The first-order chi connectivity index (χ1) is 7.16. The lowest BCUT2D eigenvalue weighted by molar-refractivity contribution is -0.123. The van der Waals surface area contributed by atoms with Gasteiger partial charge in [-0.25, -0.2) is 0 Å². The van der Waals surface area contributed by atoms with E-state index in [4.69, 9.17) is 0 Å². The van der Waals surface area contributed by atoms with Crippen LogP contribution in [0.25, 0.3) is 6.08 Å². The van der Waals surface area contributed by atoms with E-state index >= 15 is 0 Å². The van der Waals surface area contributed by atoms with Crippen molar-refractivity contribution in [1.29, 1.82) is 0 Å². The van der Waals surface area contributed by atoms with Crippen LogP contribution in [0.4, 0.5) is 0 Å². The van der Waals surface area contributed by atoms with Crippen molar-refractivity contribution in [1.82, 2.24) is 10.6 Å². The highest BCUT2D eigenvalue weighted by Crippen LogP contribution is 2.14. The van der Waals surface area contributed by atoms with Crippen molar-refractivity contribution in [3.63, 3.8) is 0 Å². The fourth-order valence-electron chi connectivity index (χ4n) is 1.12. The first kappa shape index (κ1) is 10.0. The molecule has 6 heteroatoms. The van der Waals surface area contributed by atoms with Crippen LogP contribution in [0.5, 0.6) is 0 Å². The van der Waals surface area contributed by atoms with Crippen LogP contribution in [0.1, 0.15) is 4.88 Å². The largest absolute Gasteiger partial charge is 0.299 e. The lowest BCUT2D eigenvalue weighted by atomic mass is 10.2. The summed E-state index contributed by atoms with van der Waals surface area (Å²) in [4.78, 5) is 23.7. The molecule has 0 bridgehead atoms. The molecule has 0 unspecified atom stereocenters. The van der Waals surface area contributed by atoms with E-state index in [0.29, 0.717) is 0 Å². The topological polar surface area (TPSA) is 58.2 Å². The third-order valence-corrected chi connectivity index (χ3v) is 2.80. The Balaban J connectivity index is 2.32. The second-order valence-electron chi connectivity index (χ2n) is 2.81. The average molecular weight is 238 g/mol. The summed E-state index contributed by atoms with van der Waals surface area (Å²) in [7, 11) is 0. The molecule has 1 fully saturated rings. The van der Waals surface area contributed by atoms with E-state index < -0.39 is 11.8 Å². The van der Waals surface area contributed by atoms with Crippen LogP contribution in [0.15, 0.2) is 23.1 Å². The first-order valence-corrected chi connectivity index (χ1v) is 5.37. The smallest absolute Gasteiger partial charge is 0.263 e. The zero-order valence-corrected chi connectivity index (χ0v) is 9.08. The maximum absolute atomic E-state index is 11.4. The molecule has 0 aromatic carbocycles. The molecule has 1 aromatic rings. The summed E-state index contributed by atoms with van der Waals surface area (Å²) in [5.74, 6) is -0.922. The summed E-state index contributed by atoms with van der Waals surface area (Å²) in [6.45, 7) is 0. The van der Waals surface area contributed by atoms with E-state index in [1.807, 2.05) is 17.5 Å². The van der Waals surface area contributed by atoms with Gasteiger partial charge in [-0.1, -0.05) is 6.07 Å². The molecular formula is C9H6N2O2S2. The number of thiocarbonyl (C=S) groups is 1. The quantitative estimate of drug-likeness (QED) is 0.429. The number of nitrogens with one attached hydrogen (secondary N) is 2. The molecule has 76 valence electrons. The second kappa shape index (κ2) is 3.92. The van der Waals surface area contributed by atoms with Crippen molar-refractivity contribution in [3.8, 4) is 0 Å². The second-order valence-corrected chi connectivity index (χ2v) is 4.20. The highest BCUT2D eigenvalue weighted by molar-refractivity contribution is 7.80. The molecule has 2 rings (SSSR count). The molecule has 2 heterocycles. The Morgan fingerprint density at radius 3 is 2.47 bits per heavy atom. The van der Waals surface area contributed by atoms with E-state index in [0.717, 1.165) is 4.88 Å². The van der Waals surface area contributed by atoms with Crippen LogP contribution >= 0.6 is 23.6 Å². The van der Waals surface area contributed by atoms with Crippen molar-refractivity contribution < 1.29 is 9.59 Å². The van der Waals surface area contributed by atoms with Crippen molar-refractivity contribution in [2.45, 2.75) is 0 Å². The van der Waals surface area contributed by atoms with E-state index in [2.05, 4.69) is 22.9 Å². The molecular weight excluding hydrogens is 232 g/mol. The summed E-state index contributed by atoms with van der Waals surface area (Å²) in [5.41, 5.74) is 0.0750. The van der Waals surface area contributed by atoms with E-state index in [-0.39, 0.29) is 10.7 Å². The van der Waals surface area contributed by atoms with Crippen LogP contribution in [-0.4, -0.2) is 16.9 Å². The summed E-state index contributed by atoms with van der Waals surface area (Å²) >= 11 is 6.12. The maximum atomic E-state index is 11.4. The molecule has 0 saturated carbocycles. The van der Waals surface area contributed by atoms with Crippen LogP contribution in [-0.2, 0) is 9.59 Å². The molecule has 1 aliphatic rings. The average Bonchev–Trinajstić information content (AvgIpc) is 2.63. The van der Waals surface area contributed by atoms with E-state index in [9.17, 15) is 9.59 Å². The Morgan fingerprint density at radius 1 is 1.27 bits per heavy atom. The fourth-order valence-corrected chi connectivity index (χ4v) is 1.96. The van der Waals surface area contributed by atoms with Crippen molar-refractivity contribution in [3.05, 3.63) is 28.0 Å². The molecule has 0 atom stereocenters. The number of thiophene rings is 1. The summed E-state index contributed by atoms with van der Waals surface area (Å²) in [5, 5.41) is 6.66. The number of amides is 2. The van der Waals surface area contributed by atoms with Crippen molar-refractivity contribution in [2.24, 2.45) is 0 Å². The lowest BCUT2D eigenvalue weighted by Crippen LogP contribution is -2.51. The third kappa shape index (κ3) is 2.11. The zero-order chi connectivity index (χ0) is 10.8. The van der Waals surface area contributed by atoms with Gasteiger partial charge in [-0.05, 0) is 29.7 Å². The monoisotopic (exact) mass is 238 g/mol. The van der Waals surface area contributed by atoms with Crippen LogP contribution in [0.2, 0.25) is 0 Å². The Bertz CT molecular complexity index is 440. The normalized spacial score (nSPS) is 16.0. The Kier molecular flexibility index (Phi) is 2.61. The van der Waals surface area contributed by atoms with Gasteiger partial charge in [0.1, 0.15) is 5.57 Å². The highest BCUT2D eigenvalue weighted by atomic mass is 32.1. The minimum Gasteiger partial charge on any atom is -0.299 e. The van der Waals surface area contributed by atoms with Gasteiger partial charge in [0.15, 0.2) is 5.11 Å². The molecule has 1 aliphatic heterocycles. The standard InChI is InChI=1S/C9H6N2O2S2/c12-7-6(4-5-2-1-3-15-5)8(13)11-9(14)10-7/h1-4H,(H2,10,11,12,13,14). The van der Waals surface area contributed by atoms with Gasteiger partial charge in [0.2, 0.25) is 0 Å². The van der Waals surface area contributed by atoms with E-state index in [1.54, 1.807) is 0 Å². The number of hydrogen-bond acceptors (Lipinski definition) is 4. The summed E-state index contributed by atoms with van der Waals surface area (Å²) in [6.07, 6.45) is 1.54. The molecule has 0 radical (unpaired) electrons. The lowest BCUT2D eigenvalue weighted by Gasteiger charge is -2.15. The predicted octanol–water partition coefficient (Wildman–Crippen LogP) is 0.662. The van der Waals surface area contributed by atoms with Gasteiger partial charge in [0.25, 0.3) is 11.8 Å².